The van der Waals surface area contributed by atoms with Crippen LogP contribution in [0.15, 0.2) is 18.2 Å². The maximum atomic E-state index is 11.9. The van der Waals surface area contributed by atoms with Crippen molar-refractivity contribution < 1.29 is 14.3 Å². The van der Waals surface area contributed by atoms with Crippen LogP contribution in [-0.4, -0.2) is 31.1 Å². The number of hydrogen-bond donors (Lipinski definition) is 3. The van der Waals surface area contributed by atoms with Crippen LogP contribution in [0.2, 0.25) is 0 Å². The van der Waals surface area contributed by atoms with Gasteiger partial charge in [-0.1, -0.05) is 6.07 Å². The topological polar surface area (TPSA) is 93.4 Å². The van der Waals surface area contributed by atoms with Gasteiger partial charge in [0.25, 0.3) is 0 Å². The number of nitrogens with two attached hydrogens (primary N) is 1. The number of anilines is 2. The van der Waals surface area contributed by atoms with Gasteiger partial charge in [0, 0.05) is 19.0 Å². The molecule has 1 fully saturated rings. The first-order chi connectivity index (χ1) is 9.61. The molecular weight excluding hydrogens is 258 g/mol. The minimum atomic E-state index is -0.405. The standard InChI is InChI=1S/C14H19N3O3/c1-2-20-14(19)10-4-3-5-11(15)13(10)16-8-9-6-7-12(18)17-9/h3-5,9,16H,2,6-8,15H2,1H3,(H,17,18). The summed E-state index contributed by atoms with van der Waals surface area (Å²) in [5, 5.41) is 6.00. The van der Waals surface area contributed by atoms with E-state index in [1.807, 2.05) is 0 Å². The fraction of sp³-hybridized carbons (Fsp3) is 0.429. The van der Waals surface area contributed by atoms with Gasteiger partial charge in [-0.3, -0.25) is 4.79 Å². The first-order valence-electron chi connectivity index (χ1n) is 6.70. The number of rotatable bonds is 5. The molecule has 1 aromatic rings. The van der Waals surface area contributed by atoms with E-state index < -0.39 is 5.97 Å². The molecule has 6 heteroatoms. The molecule has 1 aromatic carbocycles. The molecule has 0 aromatic heterocycles. The number of carbonyl (C=O) groups is 2. The van der Waals surface area contributed by atoms with Gasteiger partial charge in [-0.05, 0) is 25.5 Å². The van der Waals surface area contributed by atoms with Crippen LogP contribution in [-0.2, 0) is 9.53 Å². The molecule has 1 aliphatic heterocycles. The molecule has 0 bridgehead atoms. The Kier molecular flexibility index (Phi) is 4.45. The minimum Gasteiger partial charge on any atom is -0.462 e. The van der Waals surface area contributed by atoms with Crippen LogP contribution in [0, 0.1) is 0 Å². The van der Waals surface area contributed by atoms with Crippen molar-refractivity contribution in [3.05, 3.63) is 23.8 Å². The Morgan fingerprint density at radius 2 is 2.35 bits per heavy atom. The molecule has 0 saturated carbocycles. The van der Waals surface area contributed by atoms with E-state index in [9.17, 15) is 9.59 Å². The zero-order chi connectivity index (χ0) is 14.5. The Balaban J connectivity index is 2.09. The molecule has 20 heavy (non-hydrogen) atoms. The van der Waals surface area contributed by atoms with Crippen molar-refractivity contribution in [3.63, 3.8) is 0 Å². The first kappa shape index (κ1) is 14.2. The monoisotopic (exact) mass is 277 g/mol. The Labute approximate surface area is 117 Å². The van der Waals surface area contributed by atoms with E-state index in [-0.39, 0.29) is 11.9 Å². The lowest BCUT2D eigenvalue weighted by Crippen LogP contribution is -2.32. The molecular formula is C14H19N3O3. The maximum Gasteiger partial charge on any atom is 0.340 e. The Bertz CT molecular complexity index is 516. The fourth-order valence-electron chi connectivity index (χ4n) is 2.20. The van der Waals surface area contributed by atoms with Crippen molar-refractivity contribution in [1.29, 1.82) is 0 Å². The van der Waals surface area contributed by atoms with Crippen LogP contribution in [0.3, 0.4) is 0 Å². The molecule has 1 aliphatic rings. The lowest BCUT2D eigenvalue weighted by Gasteiger charge is -2.16. The lowest BCUT2D eigenvalue weighted by atomic mass is 10.1. The van der Waals surface area contributed by atoms with Gasteiger partial charge in [0.1, 0.15) is 0 Å². The van der Waals surface area contributed by atoms with Gasteiger partial charge in [0.05, 0.1) is 23.5 Å². The van der Waals surface area contributed by atoms with E-state index in [0.29, 0.717) is 36.5 Å². The van der Waals surface area contributed by atoms with Crippen LogP contribution >= 0.6 is 0 Å². The van der Waals surface area contributed by atoms with Gasteiger partial charge in [-0.2, -0.15) is 0 Å². The molecule has 0 aliphatic carbocycles. The highest BCUT2D eigenvalue weighted by molar-refractivity contribution is 5.98. The van der Waals surface area contributed by atoms with Gasteiger partial charge in [0.2, 0.25) is 5.91 Å². The molecule has 1 saturated heterocycles. The number of esters is 1. The summed E-state index contributed by atoms with van der Waals surface area (Å²) in [6.07, 6.45) is 1.33. The molecule has 4 N–H and O–H groups in total. The van der Waals surface area contributed by atoms with Crippen LogP contribution in [0.1, 0.15) is 30.1 Å². The van der Waals surface area contributed by atoms with E-state index in [1.54, 1.807) is 25.1 Å². The molecule has 6 nitrogen and oxygen atoms in total. The van der Waals surface area contributed by atoms with E-state index in [4.69, 9.17) is 10.5 Å². The third kappa shape index (κ3) is 3.20. The normalized spacial score (nSPS) is 17.6. The highest BCUT2D eigenvalue weighted by Gasteiger charge is 2.21. The Morgan fingerprint density at radius 3 is 3.00 bits per heavy atom. The summed E-state index contributed by atoms with van der Waals surface area (Å²) in [7, 11) is 0. The summed E-state index contributed by atoms with van der Waals surface area (Å²) in [4.78, 5) is 23.0. The van der Waals surface area contributed by atoms with Gasteiger partial charge < -0.3 is 21.1 Å². The summed E-state index contributed by atoms with van der Waals surface area (Å²) in [6.45, 7) is 2.60. The second-order valence-corrected chi connectivity index (χ2v) is 4.67. The molecule has 1 heterocycles. The number of nitrogen functional groups attached to an aromatic ring is 1. The molecule has 1 amide bonds. The zero-order valence-corrected chi connectivity index (χ0v) is 11.4. The van der Waals surface area contributed by atoms with Crippen molar-refractivity contribution in [1.82, 2.24) is 5.32 Å². The molecule has 1 atom stereocenters. The molecule has 0 spiro atoms. The average Bonchev–Trinajstić information content (AvgIpc) is 2.83. The highest BCUT2D eigenvalue weighted by atomic mass is 16.5. The van der Waals surface area contributed by atoms with Crippen LogP contribution in [0.5, 0.6) is 0 Å². The van der Waals surface area contributed by atoms with E-state index in [0.717, 1.165) is 6.42 Å². The number of carbonyl (C=O) groups excluding carboxylic acids is 2. The first-order valence-corrected chi connectivity index (χ1v) is 6.70. The summed E-state index contributed by atoms with van der Waals surface area (Å²) >= 11 is 0. The molecule has 0 radical (unpaired) electrons. The number of hydrogen-bond acceptors (Lipinski definition) is 5. The lowest BCUT2D eigenvalue weighted by molar-refractivity contribution is -0.119. The van der Waals surface area contributed by atoms with E-state index in [2.05, 4.69) is 10.6 Å². The Hall–Kier alpha value is -2.24. The van der Waals surface area contributed by atoms with Crippen molar-refractivity contribution >= 4 is 23.3 Å². The van der Waals surface area contributed by atoms with Gasteiger partial charge in [0.15, 0.2) is 0 Å². The number of para-hydroxylation sites is 1. The maximum absolute atomic E-state index is 11.9. The third-order valence-corrected chi connectivity index (χ3v) is 3.20. The number of ether oxygens (including phenoxy) is 1. The zero-order valence-electron chi connectivity index (χ0n) is 11.4. The van der Waals surface area contributed by atoms with E-state index >= 15 is 0 Å². The van der Waals surface area contributed by atoms with Gasteiger partial charge >= 0.3 is 5.97 Å². The number of benzene rings is 1. The summed E-state index contributed by atoms with van der Waals surface area (Å²) in [5.74, 6) is -0.346. The minimum absolute atomic E-state index is 0.0587. The van der Waals surface area contributed by atoms with Gasteiger partial charge in [-0.15, -0.1) is 0 Å². The molecule has 1 unspecified atom stereocenters. The largest absolute Gasteiger partial charge is 0.462 e. The third-order valence-electron chi connectivity index (χ3n) is 3.20. The highest BCUT2D eigenvalue weighted by Crippen LogP contribution is 2.24. The fourth-order valence-corrected chi connectivity index (χ4v) is 2.20. The quantitative estimate of drug-likeness (QED) is 0.554. The predicted octanol–water partition coefficient (Wildman–Crippen LogP) is 1.14. The molecule has 2 rings (SSSR count). The average molecular weight is 277 g/mol. The predicted molar refractivity (Wildman–Crippen MR) is 76.5 cm³/mol. The van der Waals surface area contributed by atoms with Crippen molar-refractivity contribution in [2.45, 2.75) is 25.8 Å². The summed E-state index contributed by atoms with van der Waals surface area (Å²) < 4.78 is 5.01. The summed E-state index contributed by atoms with van der Waals surface area (Å²) in [6, 6.07) is 5.17. The molecule has 108 valence electrons. The SMILES string of the molecule is CCOC(=O)c1cccc(N)c1NCC1CCC(=O)N1. The second-order valence-electron chi connectivity index (χ2n) is 4.67. The van der Waals surface area contributed by atoms with Crippen molar-refractivity contribution in [2.24, 2.45) is 0 Å². The second kappa shape index (κ2) is 6.27. The van der Waals surface area contributed by atoms with Crippen LogP contribution < -0.4 is 16.4 Å². The Morgan fingerprint density at radius 1 is 1.55 bits per heavy atom. The van der Waals surface area contributed by atoms with Crippen LogP contribution in [0.25, 0.3) is 0 Å². The van der Waals surface area contributed by atoms with E-state index in [1.165, 1.54) is 0 Å². The number of amides is 1. The van der Waals surface area contributed by atoms with Gasteiger partial charge in [-0.25, -0.2) is 4.79 Å². The smallest absolute Gasteiger partial charge is 0.340 e. The summed E-state index contributed by atoms with van der Waals surface area (Å²) in [5.41, 5.74) is 7.37. The van der Waals surface area contributed by atoms with Crippen molar-refractivity contribution in [3.8, 4) is 0 Å². The number of nitrogens with one attached hydrogen (secondary N) is 2. The van der Waals surface area contributed by atoms with Crippen LogP contribution in [0.4, 0.5) is 11.4 Å². The van der Waals surface area contributed by atoms with Crippen molar-refractivity contribution in [2.75, 3.05) is 24.2 Å².